The molecule has 2 aromatic carbocycles. The van der Waals surface area contributed by atoms with Crippen LogP contribution in [0.3, 0.4) is 0 Å². The second kappa shape index (κ2) is 11.3. The van der Waals surface area contributed by atoms with Crippen LogP contribution >= 0.6 is 11.8 Å². The van der Waals surface area contributed by atoms with Gasteiger partial charge in [0.05, 0.1) is 5.69 Å². The Morgan fingerprint density at radius 2 is 1.68 bits per heavy atom. The largest absolute Gasteiger partial charge is 0.456 e. The average molecular weight is 443 g/mol. The molecular formula is C23H26N2O5S. The topological polar surface area (TPSA) is 102 Å². The van der Waals surface area contributed by atoms with Crippen molar-refractivity contribution in [3.05, 3.63) is 59.7 Å². The summed E-state index contributed by atoms with van der Waals surface area (Å²) in [6, 6.07) is 12.5. The fourth-order valence-electron chi connectivity index (χ4n) is 2.79. The van der Waals surface area contributed by atoms with Crippen molar-refractivity contribution in [2.24, 2.45) is 5.92 Å². The highest BCUT2D eigenvalue weighted by molar-refractivity contribution is 7.98. The zero-order valence-corrected chi connectivity index (χ0v) is 18.7. The number of carbonyl (C=O) groups excluding carboxylic acids is 4. The normalized spacial score (nSPS) is 11.5. The second-order valence-electron chi connectivity index (χ2n) is 7.19. The van der Waals surface area contributed by atoms with Crippen LogP contribution in [0.4, 0.5) is 5.69 Å². The molecule has 7 nitrogen and oxygen atoms in total. The first-order chi connectivity index (χ1) is 14.7. The summed E-state index contributed by atoms with van der Waals surface area (Å²) in [6.07, 6.45) is 1.86. The average Bonchev–Trinajstić information content (AvgIpc) is 2.75. The second-order valence-corrected chi connectivity index (χ2v) is 8.04. The number of hydrogen-bond acceptors (Lipinski definition) is 6. The van der Waals surface area contributed by atoms with Gasteiger partial charge in [-0.15, -0.1) is 11.8 Å². The van der Waals surface area contributed by atoms with Crippen LogP contribution < -0.4 is 10.6 Å². The maximum atomic E-state index is 12.6. The van der Waals surface area contributed by atoms with E-state index in [0.29, 0.717) is 16.8 Å². The molecule has 0 heterocycles. The van der Waals surface area contributed by atoms with Crippen LogP contribution in [-0.2, 0) is 14.3 Å². The van der Waals surface area contributed by atoms with Crippen LogP contribution in [0.25, 0.3) is 0 Å². The highest BCUT2D eigenvalue weighted by Crippen LogP contribution is 2.26. The number of ketones is 1. The number of anilines is 1. The number of amides is 2. The predicted molar refractivity (Wildman–Crippen MR) is 120 cm³/mol. The number of thioether (sulfide) groups is 1. The van der Waals surface area contributed by atoms with Crippen molar-refractivity contribution >= 4 is 41.0 Å². The standard InChI is InChI=1S/C23H26N2O5S/c1-14(2)21(25-22(28)16-8-6-5-7-9-16)23(29)30-13-19(27)17-10-11-20(31-4)18(12-17)24-15(3)26/h5-12,14,21H,13H2,1-4H3,(H,24,26)(H,25,28)/t21-/m0/s1. The highest BCUT2D eigenvalue weighted by Gasteiger charge is 2.27. The van der Waals surface area contributed by atoms with E-state index in [1.165, 1.54) is 18.7 Å². The van der Waals surface area contributed by atoms with Crippen molar-refractivity contribution in [3.63, 3.8) is 0 Å². The minimum absolute atomic E-state index is 0.234. The van der Waals surface area contributed by atoms with Gasteiger partial charge in [0.2, 0.25) is 5.91 Å². The van der Waals surface area contributed by atoms with Crippen molar-refractivity contribution in [1.29, 1.82) is 0 Å². The molecule has 0 bridgehead atoms. The van der Waals surface area contributed by atoms with E-state index in [0.717, 1.165) is 4.90 Å². The van der Waals surface area contributed by atoms with E-state index >= 15 is 0 Å². The van der Waals surface area contributed by atoms with E-state index in [1.807, 2.05) is 6.26 Å². The number of esters is 1. The molecule has 2 amide bonds. The minimum atomic E-state index is -0.894. The highest BCUT2D eigenvalue weighted by atomic mass is 32.2. The molecular weight excluding hydrogens is 416 g/mol. The van der Waals surface area contributed by atoms with Gasteiger partial charge in [0.1, 0.15) is 6.04 Å². The van der Waals surface area contributed by atoms with E-state index in [-0.39, 0.29) is 11.8 Å². The summed E-state index contributed by atoms with van der Waals surface area (Å²) >= 11 is 1.44. The summed E-state index contributed by atoms with van der Waals surface area (Å²) in [6.45, 7) is 4.47. The van der Waals surface area contributed by atoms with E-state index < -0.39 is 30.3 Å². The Bertz CT molecular complexity index is 960. The molecule has 2 aromatic rings. The Morgan fingerprint density at radius 1 is 1.00 bits per heavy atom. The summed E-state index contributed by atoms with van der Waals surface area (Å²) in [5.74, 6) is -1.97. The molecule has 0 radical (unpaired) electrons. The van der Waals surface area contributed by atoms with Gasteiger partial charge in [-0.2, -0.15) is 0 Å². The Labute approximate surface area is 185 Å². The van der Waals surface area contributed by atoms with Crippen LogP contribution in [-0.4, -0.2) is 42.5 Å². The van der Waals surface area contributed by atoms with E-state index in [1.54, 1.807) is 62.4 Å². The molecule has 0 saturated heterocycles. The van der Waals surface area contributed by atoms with Gasteiger partial charge in [0.15, 0.2) is 12.4 Å². The first-order valence-electron chi connectivity index (χ1n) is 9.74. The van der Waals surface area contributed by atoms with E-state index in [2.05, 4.69) is 10.6 Å². The van der Waals surface area contributed by atoms with Crippen LogP contribution in [0.1, 0.15) is 41.5 Å². The van der Waals surface area contributed by atoms with E-state index in [9.17, 15) is 19.2 Å². The minimum Gasteiger partial charge on any atom is -0.456 e. The Morgan fingerprint density at radius 3 is 2.26 bits per heavy atom. The van der Waals surface area contributed by atoms with Gasteiger partial charge in [0.25, 0.3) is 5.91 Å². The zero-order chi connectivity index (χ0) is 23.0. The number of nitrogens with one attached hydrogen (secondary N) is 2. The lowest BCUT2D eigenvalue weighted by molar-refractivity contribution is -0.146. The fraction of sp³-hybridized carbons (Fsp3) is 0.304. The van der Waals surface area contributed by atoms with Gasteiger partial charge in [-0.05, 0) is 36.4 Å². The van der Waals surface area contributed by atoms with Crippen LogP contribution in [0, 0.1) is 5.92 Å². The molecule has 0 aliphatic rings. The summed E-state index contributed by atoms with van der Waals surface area (Å²) in [4.78, 5) is 49.7. The van der Waals surface area contributed by atoms with Crippen molar-refractivity contribution in [2.75, 3.05) is 18.2 Å². The molecule has 2 rings (SSSR count). The van der Waals surface area contributed by atoms with Crippen LogP contribution in [0.15, 0.2) is 53.4 Å². The smallest absolute Gasteiger partial charge is 0.329 e. The van der Waals surface area contributed by atoms with Crippen LogP contribution in [0.5, 0.6) is 0 Å². The third-order valence-corrected chi connectivity index (χ3v) is 5.22. The SMILES string of the molecule is CSc1ccc(C(=O)COC(=O)[C@@H](NC(=O)c2ccccc2)C(C)C)cc1NC(C)=O. The van der Waals surface area contributed by atoms with Gasteiger partial charge < -0.3 is 15.4 Å². The van der Waals surface area contributed by atoms with Crippen molar-refractivity contribution in [3.8, 4) is 0 Å². The lowest BCUT2D eigenvalue weighted by Gasteiger charge is -2.20. The van der Waals surface area contributed by atoms with Gasteiger partial charge in [0, 0.05) is 22.9 Å². The number of benzene rings is 2. The molecule has 0 saturated carbocycles. The fourth-order valence-corrected chi connectivity index (χ4v) is 3.32. The lowest BCUT2D eigenvalue weighted by atomic mass is 10.0. The third kappa shape index (κ3) is 6.96. The molecule has 0 fully saturated rings. The number of hydrogen-bond donors (Lipinski definition) is 2. The maximum Gasteiger partial charge on any atom is 0.329 e. The molecule has 8 heteroatoms. The Hall–Kier alpha value is -3.13. The monoisotopic (exact) mass is 442 g/mol. The van der Waals surface area contributed by atoms with Crippen molar-refractivity contribution < 1.29 is 23.9 Å². The molecule has 2 N–H and O–H groups in total. The lowest BCUT2D eigenvalue weighted by Crippen LogP contribution is -2.45. The molecule has 0 aromatic heterocycles. The first-order valence-corrected chi connectivity index (χ1v) is 11.0. The Kier molecular flexibility index (Phi) is 8.81. The van der Waals surface area contributed by atoms with Crippen molar-refractivity contribution in [2.45, 2.75) is 31.7 Å². The van der Waals surface area contributed by atoms with Gasteiger partial charge in [-0.1, -0.05) is 38.1 Å². The number of carbonyl (C=O) groups is 4. The summed E-state index contributed by atoms with van der Waals surface area (Å²) in [7, 11) is 0. The Balaban J connectivity index is 2.04. The summed E-state index contributed by atoms with van der Waals surface area (Å²) < 4.78 is 5.20. The molecule has 1 atom stereocenters. The van der Waals surface area contributed by atoms with Gasteiger partial charge in [-0.3, -0.25) is 14.4 Å². The number of Topliss-reactive ketones (excluding diaryl/α,β-unsaturated/α-hetero) is 1. The number of ether oxygens (including phenoxy) is 1. The summed E-state index contributed by atoms with van der Waals surface area (Å²) in [5, 5.41) is 5.35. The molecule has 164 valence electrons. The molecule has 0 unspecified atom stereocenters. The number of rotatable bonds is 9. The van der Waals surface area contributed by atoms with Crippen molar-refractivity contribution in [1.82, 2.24) is 5.32 Å². The molecule has 0 aliphatic carbocycles. The maximum absolute atomic E-state index is 12.6. The summed E-state index contributed by atoms with van der Waals surface area (Å²) in [5.41, 5.74) is 1.26. The van der Waals surface area contributed by atoms with Crippen LogP contribution in [0.2, 0.25) is 0 Å². The van der Waals surface area contributed by atoms with Gasteiger partial charge in [-0.25, -0.2) is 4.79 Å². The third-order valence-electron chi connectivity index (χ3n) is 4.42. The zero-order valence-electron chi connectivity index (χ0n) is 17.9. The van der Waals surface area contributed by atoms with E-state index in [4.69, 9.17) is 4.74 Å². The first kappa shape index (κ1) is 24.1. The molecule has 0 spiro atoms. The van der Waals surface area contributed by atoms with Gasteiger partial charge >= 0.3 is 5.97 Å². The predicted octanol–water partition coefficient (Wildman–Crippen LogP) is 3.55. The molecule has 31 heavy (non-hydrogen) atoms. The molecule has 0 aliphatic heterocycles. The quantitative estimate of drug-likeness (QED) is 0.350.